The van der Waals surface area contributed by atoms with Gasteiger partial charge in [-0.05, 0) is 38.6 Å². The second-order valence-corrected chi connectivity index (χ2v) is 6.07. The third-order valence-corrected chi connectivity index (χ3v) is 5.48. The molecule has 0 amide bonds. The zero-order valence-electron chi connectivity index (χ0n) is 11.6. The van der Waals surface area contributed by atoms with Gasteiger partial charge in [0.2, 0.25) is 0 Å². The minimum Gasteiger partial charge on any atom is -0.382 e. The molecule has 0 bridgehead atoms. The second kappa shape index (κ2) is 5.08. The van der Waals surface area contributed by atoms with E-state index in [9.17, 15) is 0 Å². The molecule has 0 aromatic rings. The molecule has 1 aliphatic carbocycles. The molecule has 3 fully saturated rings. The molecule has 0 aromatic heterocycles. The van der Waals surface area contributed by atoms with Gasteiger partial charge in [0.15, 0.2) is 0 Å². The molecule has 4 heteroatoms. The molecule has 2 saturated heterocycles. The van der Waals surface area contributed by atoms with Crippen LogP contribution in [0.2, 0.25) is 0 Å². The Balaban J connectivity index is 1.51. The van der Waals surface area contributed by atoms with Crippen molar-refractivity contribution in [2.24, 2.45) is 11.8 Å². The normalized spacial score (nSPS) is 42.7. The highest BCUT2D eigenvalue weighted by Crippen LogP contribution is 2.55. The van der Waals surface area contributed by atoms with E-state index in [0.717, 1.165) is 18.4 Å². The van der Waals surface area contributed by atoms with Gasteiger partial charge in [-0.2, -0.15) is 0 Å². The average Bonchev–Trinajstić information content (AvgIpc) is 2.94. The minimum absolute atomic E-state index is 0.378. The van der Waals surface area contributed by atoms with E-state index in [2.05, 4.69) is 11.8 Å². The smallest absolute Gasteiger partial charge is 0.147 e. The fourth-order valence-corrected chi connectivity index (χ4v) is 4.45. The molecule has 3 rings (SSSR count). The molecule has 104 valence electrons. The van der Waals surface area contributed by atoms with Gasteiger partial charge >= 0.3 is 0 Å². The summed E-state index contributed by atoms with van der Waals surface area (Å²) < 4.78 is 16.3. The van der Waals surface area contributed by atoms with Crippen molar-refractivity contribution >= 4 is 0 Å². The highest BCUT2D eigenvalue weighted by atomic mass is 16.7. The molecular formula is C14H25NO3. The minimum atomic E-state index is 0.378. The molecule has 18 heavy (non-hydrogen) atoms. The highest BCUT2D eigenvalue weighted by Gasteiger charge is 2.61. The largest absolute Gasteiger partial charge is 0.382 e. The van der Waals surface area contributed by atoms with Crippen molar-refractivity contribution in [2.75, 3.05) is 40.2 Å². The standard InChI is InChI=1S/C14H25NO3/c1-14-11-3-4-12(14)13(9-15(14)6-5-11)18-10-17-8-7-16-2/h11-13H,3-10H2,1-2H3/t11-,12+,13+,14+/m0/s1. The van der Waals surface area contributed by atoms with Crippen LogP contribution in [0.4, 0.5) is 0 Å². The molecule has 0 N–H and O–H groups in total. The predicted molar refractivity (Wildman–Crippen MR) is 68.4 cm³/mol. The molecule has 0 unspecified atom stereocenters. The van der Waals surface area contributed by atoms with E-state index in [1.807, 2.05) is 0 Å². The molecule has 0 spiro atoms. The van der Waals surface area contributed by atoms with Gasteiger partial charge in [-0.15, -0.1) is 0 Å². The lowest BCUT2D eigenvalue weighted by atomic mass is 9.84. The third kappa shape index (κ3) is 1.90. The Kier molecular flexibility index (Phi) is 3.63. The average molecular weight is 255 g/mol. The molecule has 2 aliphatic heterocycles. The van der Waals surface area contributed by atoms with Crippen LogP contribution in [-0.2, 0) is 14.2 Å². The first kappa shape index (κ1) is 12.9. The summed E-state index contributed by atoms with van der Waals surface area (Å²) in [5.74, 6) is 1.63. The summed E-state index contributed by atoms with van der Waals surface area (Å²) in [4.78, 5) is 2.66. The van der Waals surface area contributed by atoms with E-state index in [-0.39, 0.29) is 0 Å². The van der Waals surface area contributed by atoms with Crippen LogP contribution in [0.3, 0.4) is 0 Å². The fourth-order valence-electron chi connectivity index (χ4n) is 4.45. The number of nitrogens with zero attached hydrogens (tertiary/aromatic N) is 1. The summed E-state index contributed by atoms with van der Waals surface area (Å²) in [7, 11) is 1.69. The van der Waals surface area contributed by atoms with Crippen LogP contribution in [-0.4, -0.2) is 56.7 Å². The van der Waals surface area contributed by atoms with Crippen molar-refractivity contribution in [2.45, 2.75) is 37.8 Å². The third-order valence-electron chi connectivity index (χ3n) is 5.48. The fraction of sp³-hybridized carbons (Fsp3) is 1.00. The van der Waals surface area contributed by atoms with Crippen LogP contribution in [0.1, 0.15) is 26.2 Å². The van der Waals surface area contributed by atoms with Crippen LogP contribution in [0.25, 0.3) is 0 Å². The van der Waals surface area contributed by atoms with Crippen molar-refractivity contribution in [1.82, 2.24) is 4.90 Å². The SMILES string of the molecule is COCCOCO[C@@H]1CN2CC[C@@H]3CC[C@H]1[C@@]32C. The van der Waals surface area contributed by atoms with Crippen molar-refractivity contribution in [1.29, 1.82) is 0 Å². The van der Waals surface area contributed by atoms with Crippen molar-refractivity contribution in [3.8, 4) is 0 Å². The van der Waals surface area contributed by atoms with Gasteiger partial charge in [0.1, 0.15) is 6.79 Å². The van der Waals surface area contributed by atoms with E-state index >= 15 is 0 Å². The molecule has 2 heterocycles. The number of rotatable bonds is 6. The maximum absolute atomic E-state index is 5.96. The maximum atomic E-state index is 5.96. The summed E-state index contributed by atoms with van der Waals surface area (Å²) in [6.07, 6.45) is 4.50. The quantitative estimate of drug-likeness (QED) is 0.531. The van der Waals surface area contributed by atoms with Gasteiger partial charge in [-0.25, -0.2) is 0 Å². The molecule has 0 radical (unpaired) electrons. The van der Waals surface area contributed by atoms with Gasteiger partial charge in [-0.1, -0.05) is 0 Å². The monoisotopic (exact) mass is 255 g/mol. The lowest BCUT2D eigenvalue weighted by Crippen LogP contribution is -2.41. The highest BCUT2D eigenvalue weighted by molar-refractivity contribution is 5.14. The first-order chi connectivity index (χ1) is 8.76. The number of ether oxygens (including phenoxy) is 3. The molecule has 0 aromatic carbocycles. The van der Waals surface area contributed by atoms with E-state index in [1.54, 1.807) is 7.11 Å². The summed E-state index contributed by atoms with van der Waals surface area (Å²) in [5.41, 5.74) is 0.428. The van der Waals surface area contributed by atoms with E-state index < -0.39 is 0 Å². The Morgan fingerprint density at radius 2 is 2.11 bits per heavy atom. The first-order valence-electron chi connectivity index (χ1n) is 7.20. The Bertz CT molecular complexity index is 299. The summed E-state index contributed by atoms with van der Waals surface area (Å²) in [6.45, 7) is 6.50. The van der Waals surface area contributed by atoms with Gasteiger partial charge in [0, 0.05) is 25.1 Å². The van der Waals surface area contributed by atoms with Gasteiger partial charge < -0.3 is 14.2 Å². The second-order valence-electron chi connectivity index (χ2n) is 6.07. The van der Waals surface area contributed by atoms with Crippen molar-refractivity contribution in [3.63, 3.8) is 0 Å². The van der Waals surface area contributed by atoms with Crippen LogP contribution in [0.15, 0.2) is 0 Å². The van der Waals surface area contributed by atoms with E-state index in [1.165, 1.54) is 25.8 Å². The Morgan fingerprint density at radius 3 is 2.94 bits per heavy atom. The molecular weight excluding hydrogens is 230 g/mol. The van der Waals surface area contributed by atoms with Crippen LogP contribution < -0.4 is 0 Å². The molecule has 3 aliphatic rings. The topological polar surface area (TPSA) is 30.9 Å². The molecule has 4 atom stereocenters. The van der Waals surface area contributed by atoms with E-state index in [0.29, 0.717) is 31.6 Å². The number of methoxy groups -OCH3 is 1. The van der Waals surface area contributed by atoms with Gasteiger partial charge in [0.25, 0.3) is 0 Å². The van der Waals surface area contributed by atoms with Crippen LogP contribution in [0, 0.1) is 11.8 Å². The zero-order chi connectivity index (χ0) is 12.6. The Labute approximate surface area is 110 Å². The summed E-state index contributed by atoms with van der Waals surface area (Å²) in [5, 5.41) is 0. The Hall–Kier alpha value is -0.160. The number of hydrogen-bond acceptors (Lipinski definition) is 4. The lowest BCUT2D eigenvalue weighted by molar-refractivity contribution is -0.105. The van der Waals surface area contributed by atoms with Gasteiger partial charge in [-0.3, -0.25) is 4.90 Å². The van der Waals surface area contributed by atoms with Crippen molar-refractivity contribution < 1.29 is 14.2 Å². The zero-order valence-corrected chi connectivity index (χ0v) is 11.6. The maximum Gasteiger partial charge on any atom is 0.147 e. The Morgan fingerprint density at radius 1 is 1.22 bits per heavy atom. The summed E-state index contributed by atoms with van der Waals surface area (Å²) >= 11 is 0. The first-order valence-corrected chi connectivity index (χ1v) is 7.20. The van der Waals surface area contributed by atoms with Crippen molar-refractivity contribution in [3.05, 3.63) is 0 Å². The molecule has 1 saturated carbocycles. The van der Waals surface area contributed by atoms with Crippen LogP contribution in [0.5, 0.6) is 0 Å². The van der Waals surface area contributed by atoms with Gasteiger partial charge in [0.05, 0.1) is 19.3 Å². The van der Waals surface area contributed by atoms with Crippen LogP contribution >= 0.6 is 0 Å². The lowest BCUT2D eigenvalue weighted by Gasteiger charge is -2.32. The number of hydrogen-bond donors (Lipinski definition) is 0. The predicted octanol–water partition coefficient (Wildman–Crippen LogP) is 1.50. The van der Waals surface area contributed by atoms with E-state index in [4.69, 9.17) is 14.2 Å². The summed E-state index contributed by atoms with van der Waals surface area (Å²) in [6, 6.07) is 0. The molecule has 4 nitrogen and oxygen atoms in total.